The molecule has 0 aliphatic heterocycles. The van der Waals surface area contributed by atoms with Gasteiger partial charge in [-0.3, -0.25) is 0 Å². The summed E-state index contributed by atoms with van der Waals surface area (Å²) in [5.41, 5.74) is 1.08. The topological polar surface area (TPSA) is 12.0 Å². The third kappa shape index (κ3) is 3.01. The van der Waals surface area contributed by atoms with E-state index >= 15 is 0 Å². The lowest BCUT2D eigenvalue weighted by Crippen LogP contribution is -2.37. The van der Waals surface area contributed by atoms with E-state index in [1.165, 1.54) is 19.3 Å². The number of rotatable bonds is 4. The molecule has 0 radical (unpaired) electrons. The standard InChI is InChI=1S/C15H21Cl2N/c1-10-5-3-6-11(10)15(18-2)9-12-13(16)7-4-8-14(12)17/h4,7-8,10-11,15,18H,3,5-6,9H2,1-2H3. The first-order chi connectivity index (χ1) is 8.63. The van der Waals surface area contributed by atoms with Crippen LogP contribution in [-0.4, -0.2) is 13.1 Å². The van der Waals surface area contributed by atoms with E-state index < -0.39 is 0 Å². The van der Waals surface area contributed by atoms with E-state index in [0.717, 1.165) is 33.9 Å². The zero-order valence-electron chi connectivity index (χ0n) is 11.0. The van der Waals surface area contributed by atoms with E-state index in [1.54, 1.807) is 0 Å². The van der Waals surface area contributed by atoms with Crippen LogP contribution < -0.4 is 5.32 Å². The Bertz CT molecular complexity index is 385. The number of benzene rings is 1. The summed E-state index contributed by atoms with van der Waals surface area (Å²) in [5, 5.41) is 5.03. The normalized spacial score (nSPS) is 25.3. The Labute approximate surface area is 120 Å². The molecule has 1 aromatic rings. The maximum atomic E-state index is 6.26. The van der Waals surface area contributed by atoms with Gasteiger partial charge in [-0.2, -0.15) is 0 Å². The molecular formula is C15H21Cl2N. The lowest BCUT2D eigenvalue weighted by molar-refractivity contribution is 0.308. The molecule has 1 aliphatic carbocycles. The molecule has 3 unspecified atom stereocenters. The first-order valence-corrected chi connectivity index (χ1v) is 7.49. The van der Waals surface area contributed by atoms with Gasteiger partial charge >= 0.3 is 0 Å². The van der Waals surface area contributed by atoms with E-state index in [9.17, 15) is 0 Å². The van der Waals surface area contributed by atoms with Crippen molar-refractivity contribution in [2.24, 2.45) is 11.8 Å². The van der Waals surface area contributed by atoms with Gasteiger partial charge in [0.2, 0.25) is 0 Å². The Morgan fingerprint density at radius 1 is 1.28 bits per heavy atom. The number of nitrogens with one attached hydrogen (secondary N) is 1. The molecule has 0 heterocycles. The van der Waals surface area contributed by atoms with E-state index in [-0.39, 0.29) is 0 Å². The zero-order chi connectivity index (χ0) is 13.1. The van der Waals surface area contributed by atoms with Gasteiger partial charge in [0.25, 0.3) is 0 Å². The van der Waals surface area contributed by atoms with Gasteiger partial charge < -0.3 is 5.32 Å². The average Bonchev–Trinajstić information content (AvgIpc) is 2.76. The van der Waals surface area contributed by atoms with Crippen LogP contribution in [0.1, 0.15) is 31.7 Å². The second kappa shape index (κ2) is 6.27. The minimum Gasteiger partial charge on any atom is -0.316 e. The van der Waals surface area contributed by atoms with Gasteiger partial charge in [0.15, 0.2) is 0 Å². The molecule has 1 nitrogen and oxygen atoms in total. The predicted molar refractivity (Wildman–Crippen MR) is 79.5 cm³/mol. The quantitative estimate of drug-likeness (QED) is 0.855. The molecule has 18 heavy (non-hydrogen) atoms. The molecule has 3 heteroatoms. The van der Waals surface area contributed by atoms with Gasteiger partial charge in [-0.1, -0.05) is 49.0 Å². The number of hydrogen-bond donors (Lipinski definition) is 1. The molecule has 0 aromatic heterocycles. The molecule has 3 atom stereocenters. The first kappa shape index (κ1) is 14.2. The van der Waals surface area contributed by atoms with E-state index in [4.69, 9.17) is 23.2 Å². The highest BCUT2D eigenvalue weighted by Crippen LogP contribution is 2.36. The summed E-state index contributed by atoms with van der Waals surface area (Å²) in [5.74, 6) is 1.53. The van der Waals surface area contributed by atoms with Crippen molar-refractivity contribution in [3.05, 3.63) is 33.8 Å². The summed E-state index contributed by atoms with van der Waals surface area (Å²) >= 11 is 12.5. The first-order valence-electron chi connectivity index (χ1n) is 6.73. The molecule has 1 aromatic carbocycles. The van der Waals surface area contributed by atoms with Gasteiger partial charge in [-0.05, 0) is 49.4 Å². The second-order valence-electron chi connectivity index (χ2n) is 5.37. The van der Waals surface area contributed by atoms with Crippen molar-refractivity contribution in [2.45, 2.75) is 38.6 Å². The lowest BCUT2D eigenvalue weighted by atomic mass is 9.86. The van der Waals surface area contributed by atoms with Gasteiger partial charge in [-0.25, -0.2) is 0 Å². The Kier molecular flexibility index (Phi) is 4.94. The predicted octanol–water partition coefficient (Wildman–Crippen LogP) is 4.56. The third-order valence-corrected chi connectivity index (χ3v) is 5.01. The zero-order valence-corrected chi connectivity index (χ0v) is 12.6. The highest BCUT2D eigenvalue weighted by Gasteiger charge is 2.30. The van der Waals surface area contributed by atoms with Crippen molar-refractivity contribution in [2.75, 3.05) is 7.05 Å². The minimum absolute atomic E-state index is 0.472. The van der Waals surface area contributed by atoms with Gasteiger partial charge in [0.1, 0.15) is 0 Å². The van der Waals surface area contributed by atoms with Crippen molar-refractivity contribution in [1.29, 1.82) is 0 Å². The number of hydrogen-bond acceptors (Lipinski definition) is 1. The van der Waals surface area contributed by atoms with Crippen LogP contribution in [0, 0.1) is 11.8 Å². The molecule has 0 amide bonds. The summed E-state index contributed by atoms with van der Waals surface area (Å²) in [6.45, 7) is 2.36. The highest BCUT2D eigenvalue weighted by atomic mass is 35.5. The molecule has 1 N–H and O–H groups in total. The Hall–Kier alpha value is -0.240. The molecule has 1 aliphatic rings. The van der Waals surface area contributed by atoms with Crippen LogP contribution in [0.4, 0.5) is 0 Å². The monoisotopic (exact) mass is 285 g/mol. The summed E-state index contributed by atoms with van der Waals surface area (Å²) in [7, 11) is 2.04. The van der Waals surface area contributed by atoms with Crippen molar-refractivity contribution in [1.82, 2.24) is 5.32 Å². The van der Waals surface area contributed by atoms with E-state index in [2.05, 4.69) is 12.2 Å². The maximum Gasteiger partial charge on any atom is 0.0453 e. The van der Waals surface area contributed by atoms with Crippen LogP contribution in [0.5, 0.6) is 0 Å². The fourth-order valence-corrected chi connectivity index (χ4v) is 3.74. The fraction of sp³-hybridized carbons (Fsp3) is 0.600. The maximum absolute atomic E-state index is 6.26. The Morgan fingerprint density at radius 3 is 2.44 bits per heavy atom. The molecule has 1 fully saturated rings. The van der Waals surface area contributed by atoms with Crippen molar-refractivity contribution < 1.29 is 0 Å². The molecule has 0 bridgehead atoms. The van der Waals surface area contributed by atoms with Crippen LogP contribution >= 0.6 is 23.2 Å². The van der Waals surface area contributed by atoms with Crippen molar-refractivity contribution in [3.8, 4) is 0 Å². The smallest absolute Gasteiger partial charge is 0.0453 e. The lowest BCUT2D eigenvalue weighted by Gasteiger charge is -2.27. The third-order valence-electron chi connectivity index (χ3n) is 4.30. The van der Waals surface area contributed by atoms with E-state index in [1.807, 2.05) is 25.2 Å². The summed E-state index contributed by atoms with van der Waals surface area (Å²) < 4.78 is 0. The number of halogens is 2. The highest BCUT2D eigenvalue weighted by molar-refractivity contribution is 6.36. The minimum atomic E-state index is 0.472. The van der Waals surface area contributed by atoms with Crippen LogP contribution in [0.25, 0.3) is 0 Å². The largest absolute Gasteiger partial charge is 0.316 e. The molecule has 100 valence electrons. The summed E-state index contributed by atoms with van der Waals surface area (Å²) in [6, 6.07) is 6.22. The molecule has 0 spiro atoms. The van der Waals surface area contributed by atoms with Gasteiger partial charge in [-0.15, -0.1) is 0 Å². The fourth-order valence-electron chi connectivity index (χ4n) is 3.19. The average molecular weight is 286 g/mol. The molecule has 1 saturated carbocycles. The van der Waals surface area contributed by atoms with Crippen molar-refractivity contribution in [3.63, 3.8) is 0 Å². The van der Waals surface area contributed by atoms with Gasteiger partial charge in [0.05, 0.1) is 0 Å². The summed E-state index contributed by atoms with van der Waals surface area (Å²) in [4.78, 5) is 0. The van der Waals surface area contributed by atoms with Crippen LogP contribution in [0.3, 0.4) is 0 Å². The van der Waals surface area contributed by atoms with Crippen LogP contribution in [-0.2, 0) is 6.42 Å². The summed E-state index contributed by atoms with van der Waals surface area (Å²) in [6.07, 6.45) is 4.93. The second-order valence-corrected chi connectivity index (χ2v) is 6.19. The molecule has 2 rings (SSSR count). The number of likely N-dealkylation sites (N-methyl/N-ethyl adjacent to an activating group) is 1. The van der Waals surface area contributed by atoms with Crippen LogP contribution in [0.2, 0.25) is 10.0 Å². The van der Waals surface area contributed by atoms with Gasteiger partial charge in [0, 0.05) is 16.1 Å². The molecular weight excluding hydrogens is 265 g/mol. The SMILES string of the molecule is CNC(Cc1c(Cl)cccc1Cl)C1CCCC1C. The molecule has 0 saturated heterocycles. The van der Waals surface area contributed by atoms with Crippen molar-refractivity contribution >= 4 is 23.2 Å². The Morgan fingerprint density at radius 2 is 1.94 bits per heavy atom. The Balaban J connectivity index is 2.15. The van der Waals surface area contributed by atoms with Crippen LogP contribution in [0.15, 0.2) is 18.2 Å². The van der Waals surface area contributed by atoms with E-state index in [0.29, 0.717) is 6.04 Å².